The van der Waals surface area contributed by atoms with E-state index in [0.717, 1.165) is 0 Å². The predicted molar refractivity (Wildman–Crippen MR) is 55.0 cm³/mol. The Balaban J connectivity index is 3.66. The van der Waals surface area contributed by atoms with E-state index in [1.807, 2.05) is 13.8 Å². The Kier molecular flexibility index (Phi) is 6.49. The molecule has 0 aliphatic carbocycles. The predicted octanol–water partition coefficient (Wildman–Crippen LogP) is 1.23. The molecule has 0 heterocycles. The standard InChI is InChI=1S/C10H17NO3/c1-8(2)11-10(13)14-7-9(3)5-4-6-12/h4-5,8,12H,3,6-7H2,1-2H3,(H,11,13)/b5-4+. The second-order valence-corrected chi connectivity index (χ2v) is 3.12. The molecule has 4 heteroatoms. The van der Waals surface area contributed by atoms with E-state index in [-0.39, 0.29) is 19.3 Å². The molecule has 0 fully saturated rings. The third-order valence-electron chi connectivity index (χ3n) is 1.25. The minimum absolute atomic E-state index is 0.0444. The van der Waals surface area contributed by atoms with Gasteiger partial charge < -0.3 is 15.2 Å². The molecule has 0 aliphatic heterocycles. The number of ether oxygens (including phenoxy) is 1. The van der Waals surface area contributed by atoms with Gasteiger partial charge in [-0.25, -0.2) is 4.79 Å². The van der Waals surface area contributed by atoms with Crippen LogP contribution in [0.3, 0.4) is 0 Å². The van der Waals surface area contributed by atoms with E-state index < -0.39 is 6.09 Å². The average molecular weight is 199 g/mol. The second kappa shape index (κ2) is 7.15. The van der Waals surface area contributed by atoms with Gasteiger partial charge in [0.2, 0.25) is 0 Å². The lowest BCUT2D eigenvalue weighted by Gasteiger charge is -2.08. The molecule has 0 saturated carbocycles. The highest BCUT2D eigenvalue weighted by Gasteiger charge is 2.02. The smallest absolute Gasteiger partial charge is 0.407 e. The Bertz CT molecular complexity index is 221. The first-order chi connectivity index (χ1) is 6.56. The van der Waals surface area contributed by atoms with Crippen LogP contribution in [0.4, 0.5) is 4.79 Å². The fourth-order valence-corrected chi connectivity index (χ4v) is 0.703. The van der Waals surface area contributed by atoms with Gasteiger partial charge in [0.15, 0.2) is 0 Å². The summed E-state index contributed by atoms with van der Waals surface area (Å²) in [6.45, 7) is 7.43. The molecule has 0 aromatic heterocycles. The van der Waals surface area contributed by atoms with Crippen LogP contribution < -0.4 is 5.32 Å². The van der Waals surface area contributed by atoms with Crippen molar-refractivity contribution in [2.24, 2.45) is 0 Å². The van der Waals surface area contributed by atoms with Crippen molar-refractivity contribution in [1.82, 2.24) is 5.32 Å². The number of aliphatic hydroxyl groups excluding tert-OH is 1. The number of carbonyl (C=O) groups is 1. The van der Waals surface area contributed by atoms with Crippen molar-refractivity contribution >= 4 is 6.09 Å². The monoisotopic (exact) mass is 199 g/mol. The van der Waals surface area contributed by atoms with E-state index in [2.05, 4.69) is 11.9 Å². The lowest BCUT2D eigenvalue weighted by Crippen LogP contribution is -2.31. The fourth-order valence-electron chi connectivity index (χ4n) is 0.703. The molecule has 2 N–H and O–H groups in total. The Morgan fingerprint density at radius 2 is 2.29 bits per heavy atom. The topological polar surface area (TPSA) is 58.6 Å². The van der Waals surface area contributed by atoms with Crippen molar-refractivity contribution in [2.75, 3.05) is 13.2 Å². The van der Waals surface area contributed by atoms with Crippen LogP contribution in [0, 0.1) is 0 Å². The van der Waals surface area contributed by atoms with Crippen LogP contribution in [0.15, 0.2) is 24.3 Å². The van der Waals surface area contributed by atoms with Gasteiger partial charge in [-0.3, -0.25) is 0 Å². The largest absolute Gasteiger partial charge is 0.445 e. The molecule has 0 radical (unpaired) electrons. The van der Waals surface area contributed by atoms with Gasteiger partial charge in [0.25, 0.3) is 0 Å². The molecule has 0 atom stereocenters. The van der Waals surface area contributed by atoms with E-state index >= 15 is 0 Å². The van der Waals surface area contributed by atoms with Crippen LogP contribution in [0.1, 0.15) is 13.8 Å². The first-order valence-electron chi connectivity index (χ1n) is 4.44. The number of aliphatic hydroxyl groups is 1. The highest BCUT2D eigenvalue weighted by molar-refractivity contribution is 5.67. The first-order valence-corrected chi connectivity index (χ1v) is 4.44. The number of hydrogen-bond acceptors (Lipinski definition) is 3. The lowest BCUT2D eigenvalue weighted by atomic mass is 10.3. The fraction of sp³-hybridized carbons (Fsp3) is 0.500. The van der Waals surface area contributed by atoms with Gasteiger partial charge in [-0.2, -0.15) is 0 Å². The molecule has 0 aromatic rings. The lowest BCUT2D eigenvalue weighted by molar-refractivity contribution is 0.154. The van der Waals surface area contributed by atoms with Crippen LogP contribution in [0.25, 0.3) is 0 Å². The molecule has 14 heavy (non-hydrogen) atoms. The van der Waals surface area contributed by atoms with Crippen molar-refractivity contribution < 1.29 is 14.6 Å². The molecule has 0 unspecified atom stereocenters. The minimum atomic E-state index is -0.460. The zero-order chi connectivity index (χ0) is 11.0. The molecule has 0 aromatic carbocycles. The third kappa shape index (κ3) is 7.36. The van der Waals surface area contributed by atoms with Crippen LogP contribution in [-0.4, -0.2) is 30.5 Å². The van der Waals surface area contributed by atoms with Crippen LogP contribution in [-0.2, 0) is 4.74 Å². The van der Waals surface area contributed by atoms with Crippen molar-refractivity contribution in [3.05, 3.63) is 24.3 Å². The summed E-state index contributed by atoms with van der Waals surface area (Å²) in [5.41, 5.74) is 0.637. The maximum atomic E-state index is 11.0. The summed E-state index contributed by atoms with van der Waals surface area (Å²) in [5, 5.41) is 11.0. The van der Waals surface area contributed by atoms with Gasteiger partial charge in [-0.15, -0.1) is 0 Å². The average Bonchev–Trinajstić information content (AvgIpc) is 2.10. The molecule has 0 saturated heterocycles. The maximum Gasteiger partial charge on any atom is 0.407 e. The van der Waals surface area contributed by atoms with Gasteiger partial charge in [0.1, 0.15) is 6.61 Å². The van der Waals surface area contributed by atoms with E-state index in [1.165, 1.54) is 6.08 Å². The zero-order valence-corrected chi connectivity index (χ0v) is 8.62. The molecule has 0 rings (SSSR count). The summed E-state index contributed by atoms with van der Waals surface area (Å²) >= 11 is 0. The Labute approximate surface area is 84.3 Å². The third-order valence-corrected chi connectivity index (χ3v) is 1.25. The second-order valence-electron chi connectivity index (χ2n) is 3.12. The normalized spacial score (nSPS) is 10.6. The Morgan fingerprint density at radius 3 is 2.79 bits per heavy atom. The van der Waals surface area contributed by atoms with Crippen molar-refractivity contribution in [3.8, 4) is 0 Å². The van der Waals surface area contributed by atoms with Gasteiger partial charge in [-0.1, -0.05) is 18.7 Å². The SMILES string of the molecule is C=C(/C=C/CO)COC(=O)NC(C)C. The number of rotatable bonds is 5. The molecular weight excluding hydrogens is 182 g/mol. The zero-order valence-electron chi connectivity index (χ0n) is 8.62. The Hall–Kier alpha value is -1.29. The molecule has 0 aliphatic rings. The molecule has 0 bridgehead atoms. The minimum Gasteiger partial charge on any atom is -0.445 e. The quantitative estimate of drug-likeness (QED) is 0.655. The highest BCUT2D eigenvalue weighted by Crippen LogP contribution is 1.94. The maximum absolute atomic E-state index is 11.0. The van der Waals surface area contributed by atoms with Crippen molar-refractivity contribution in [1.29, 1.82) is 0 Å². The van der Waals surface area contributed by atoms with E-state index in [4.69, 9.17) is 9.84 Å². The van der Waals surface area contributed by atoms with E-state index in [1.54, 1.807) is 6.08 Å². The van der Waals surface area contributed by atoms with Crippen molar-refractivity contribution in [3.63, 3.8) is 0 Å². The summed E-state index contributed by atoms with van der Waals surface area (Å²) in [5.74, 6) is 0. The van der Waals surface area contributed by atoms with Gasteiger partial charge in [0, 0.05) is 6.04 Å². The summed E-state index contributed by atoms with van der Waals surface area (Å²) in [4.78, 5) is 11.0. The summed E-state index contributed by atoms with van der Waals surface area (Å²) < 4.78 is 4.83. The number of nitrogens with one attached hydrogen (secondary N) is 1. The van der Waals surface area contributed by atoms with Crippen LogP contribution in [0.5, 0.6) is 0 Å². The highest BCUT2D eigenvalue weighted by atomic mass is 16.5. The molecule has 0 spiro atoms. The molecular formula is C10H17NO3. The van der Waals surface area contributed by atoms with Crippen molar-refractivity contribution in [2.45, 2.75) is 19.9 Å². The summed E-state index contributed by atoms with van der Waals surface area (Å²) in [6.07, 6.45) is 2.69. The van der Waals surface area contributed by atoms with Gasteiger partial charge in [0.05, 0.1) is 6.61 Å². The molecule has 1 amide bonds. The van der Waals surface area contributed by atoms with Gasteiger partial charge >= 0.3 is 6.09 Å². The molecule has 4 nitrogen and oxygen atoms in total. The number of alkyl carbamates (subject to hydrolysis) is 1. The van der Waals surface area contributed by atoms with E-state index in [0.29, 0.717) is 5.57 Å². The van der Waals surface area contributed by atoms with Gasteiger partial charge in [-0.05, 0) is 19.4 Å². The van der Waals surface area contributed by atoms with Crippen LogP contribution >= 0.6 is 0 Å². The number of amides is 1. The molecule has 80 valence electrons. The Morgan fingerprint density at radius 1 is 1.64 bits per heavy atom. The van der Waals surface area contributed by atoms with Crippen LogP contribution in [0.2, 0.25) is 0 Å². The summed E-state index contributed by atoms with van der Waals surface area (Å²) in [7, 11) is 0. The number of hydrogen-bond donors (Lipinski definition) is 2. The van der Waals surface area contributed by atoms with E-state index in [9.17, 15) is 4.79 Å². The first kappa shape index (κ1) is 12.7. The summed E-state index contributed by atoms with van der Waals surface area (Å²) in [6, 6.07) is 0.0590. The number of carbonyl (C=O) groups excluding carboxylic acids is 1.